The molecule has 152 valence electrons. The second-order valence-electron chi connectivity index (χ2n) is 9.40. The molecule has 1 N–H and O–H groups in total. The van der Waals surface area contributed by atoms with E-state index in [9.17, 15) is 14.3 Å². The third kappa shape index (κ3) is 4.66. The number of rotatable bonds is 3. The summed E-state index contributed by atoms with van der Waals surface area (Å²) in [5, 5.41) is 9.96. The minimum absolute atomic E-state index is 0.0477. The van der Waals surface area contributed by atoms with Crippen LogP contribution in [0.15, 0.2) is 35.9 Å². The van der Waals surface area contributed by atoms with Gasteiger partial charge in [0.15, 0.2) is 0 Å². The van der Waals surface area contributed by atoms with Crippen molar-refractivity contribution in [3.05, 3.63) is 52.3 Å². The van der Waals surface area contributed by atoms with Gasteiger partial charge in [0.2, 0.25) is 0 Å². The number of cyclic esters (lactones) is 1. The molecule has 0 saturated carbocycles. The van der Waals surface area contributed by atoms with Gasteiger partial charge in [0, 0.05) is 6.42 Å². The number of benzene rings is 1. The maximum Gasteiger partial charge on any atom is 0.309 e. The van der Waals surface area contributed by atoms with Crippen LogP contribution in [0.25, 0.3) is 5.57 Å². The molecule has 0 spiro atoms. The maximum atomic E-state index is 13.7. The van der Waals surface area contributed by atoms with Crippen LogP contribution in [0.3, 0.4) is 0 Å². The van der Waals surface area contributed by atoms with Gasteiger partial charge < -0.3 is 9.84 Å². The van der Waals surface area contributed by atoms with Crippen molar-refractivity contribution in [2.75, 3.05) is 0 Å². The normalized spacial score (nSPS) is 27.2. The van der Waals surface area contributed by atoms with Crippen LogP contribution >= 0.6 is 11.6 Å². The fraction of sp³-hybridized carbons (Fsp3) is 0.522. The van der Waals surface area contributed by atoms with Gasteiger partial charge in [-0.05, 0) is 58.6 Å². The van der Waals surface area contributed by atoms with Gasteiger partial charge in [0.25, 0.3) is 0 Å². The molecule has 5 heteroatoms. The van der Waals surface area contributed by atoms with E-state index >= 15 is 0 Å². The molecular formula is C23H28ClFO3. The zero-order chi connectivity index (χ0) is 20.7. The molecule has 0 bridgehead atoms. The van der Waals surface area contributed by atoms with E-state index in [1.165, 1.54) is 6.07 Å². The lowest BCUT2D eigenvalue weighted by molar-refractivity contribution is -0.156. The van der Waals surface area contributed by atoms with Crippen molar-refractivity contribution in [1.29, 1.82) is 0 Å². The van der Waals surface area contributed by atoms with Gasteiger partial charge in [0.05, 0.1) is 17.5 Å². The second-order valence-corrected chi connectivity index (χ2v) is 9.81. The van der Waals surface area contributed by atoms with Gasteiger partial charge in [-0.2, -0.15) is 0 Å². The summed E-state index contributed by atoms with van der Waals surface area (Å²) in [6.45, 7) is 8.86. The number of allylic oxidation sites excluding steroid dienone is 3. The number of ether oxygens (including phenoxy) is 1. The van der Waals surface area contributed by atoms with E-state index in [-0.39, 0.29) is 28.2 Å². The Balaban J connectivity index is 2.04. The Morgan fingerprint density at radius 1 is 1.29 bits per heavy atom. The molecule has 1 heterocycles. The summed E-state index contributed by atoms with van der Waals surface area (Å²) in [6, 6.07) is 4.86. The van der Waals surface area contributed by atoms with Crippen molar-refractivity contribution < 1.29 is 19.0 Å². The van der Waals surface area contributed by atoms with Crippen molar-refractivity contribution in [2.45, 2.75) is 65.6 Å². The predicted molar refractivity (Wildman–Crippen MR) is 109 cm³/mol. The lowest BCUT2D eigenvalue weighted by Crippen LogP contribution is -2.32. The zero-order valence-corrected chi connectivity index (χ0v) is 17.6. The predicted octanol–water partition coefficient (Wildman–Crippen LogP) is 5.70. The molecule has 1 saturated heterocycles. The first-order valence-electron chi connectivity index (χ1n) is 9.72. The zero-order valence-electron chi connectivity index (χ0n) is 16.9. The number of hydrogen-bond donors (Lipinski definition) is 1. The molecule has 0 amide bonds. The van der Waals surface area contributed by atoms with Crippen LogP contribution in [-0.2, 0) is 9.53 Å². The van der Waals surface area contributed by atoms with Crippen molar-refractivity contribution in [3.63, 3.8) is 0 Å². The van der Waals surface area contributed by atoms with E-state index in [1.54, 1.807) is 12.1 Å². The molecule has 2 aliphatic rings. The van der Waals surface area contributed by atoms with Gasteiger partial charge in [-0.3, -0.25) is 4.79 Å². The third-order valence-electron chi connectivity index (χ3n) is 5.57. The highest BCUT2D eigenvalue weighted by Gasteiger charge is 2.38. The van der Waals surface area contributed by atoms with Crippen molar-refractivity contribution in [3.8, 4) is 0 Å². The molecule has 0 radical (unpaired) electrons. The van der Waals surface area contributed by atoms with E-state index < -0.39 is 18.0 Å². The number of aliphatic hydroxyl groups excluding tert-OH is 1. The van der Waals surface area contributed by atoms with Gasteiger partial charge in [-0.1, -0.05) is 51.4 Å². The topological polar surface area (TPSA) is 46.5 Å². The first kappa shape index (κ1) is 21.1. The van der Waals surface area contributed by atoms with Gasteiger partial charge in [-0.25, -0.2) is 4.39 Å². The Kier molecular flexibility index (Phi) is 5.75. The molecule has 1 aromatic carbocycles. The number of halogens is 2. The molecule has 1 aromatic rings. The number of aliphatic hydroxyl groups is 1. The second kappa shape index (κ2) is 7.64. The standard InChI is InChI=1S/C23H28ClFO3/c1-22(2)12-17(14-5-8-20(25)19(24)9-14)18(23(3,4)13-22)7-6-16-10-15(26)11-21(27)28-16/h5-9,15-16,26H,10-13H2,1-4H3/b7-6+/t15-,16-/m1/s1. The molecule has 3 rings (SSSR count). The van der Waals surface area contributed by atoms with Crippen molar-refractivity contribution in [2.24, 2.45) is 10.8 Å². The largest absolute Gasteiger partial charge is 0.458 e. The lowest BCUT2D eigenvalue weighted by atomic mass is 9.61. The third-order valence-corrected chi connectivity index (χ3v) is 5.85. The van der Waals surface area contributed by atoms with Crippen LogP contribution in [-0.4, -0.2) is 23.3 Å². The van der Waals surface area contributed by atoms with E-state index in [0.29, 0.717) is 6.42 Å². The molecule has 1 aliphatic heterocycles. The van der Waals surface area contributed by atoms with Crippen LogP contribution < -0.4 is 0 Å². The Labute approximate surface area is 171 Å². The van der Waals surface area contributed by atoms with Crippen LogP contribution in [0.4, 0.5) is 4.39 Å². The minimum Gasteiger partial charge on any atom is -0.458 e. The summed E-state index contributed by atoms with van der Waals surface area (Å²) in [7, 11) is 0. The number of carbonyl (C=O) groups is 1. The summed E-state index contributed by atoms with van der Waals surface area (Å²) >= 11 is 6.05. The highest BCUT2D eigenvalue weighted by molar-refractivity contribution is 6.30. The maximum absolute atomic E-state index is 13.7. The average Bonchev–Trinajstić information content (AvgIpc) is 2.53. The van der Waals surface area contributed by atoms with Gasteiger partial charge in [-0.15, -0.1) is 0 Å². The average molecular weight is 407 g/mol. The molecule has 2 atom stereocenters. The van der Waals surface area contributed by atoms with Crippen LogP contribution in [0.5, 0.6) is 0 Å². The van der Waals surface area contributed by atoms with Crippen LogP contribution in [0.2, 0.25) is 5.02 Å². The summed E-state index contributed by atoms with van der Waals surface area (Å²) in [5.41, 5.74) is 3.14. The molecule has 28 heavy (non-hydrogen) atoms. The summed E-state index contributed by atoms with van der Waals surface area (Å²) in [6.07, 6.45) is 5.05. The monoisotopic (exact) mass is 406 g/mol. The number of carbonyl (C=O) groups excluding carboxylic acids is 1. The lowest BCUT2D eigenvalue weighted by Gasteiger charge is -2.43. The first-order valence-corrected chi connectivity index (χ1v) is 10.1. The highest BCUT2D eigenvalue weighted by atomic mass is 35.5. The first-order chi connectivity index (χ1) is 13.0. The molecule has 1 aliphatic carbocycles. The Hall–Kier alpha value is -1.65. The van der Waals surface area contributed by atoms with Crippen molar-refractivity contribution in [1.82, 2.24) is 0 Å². The van der Waals surface area contributed by atoms with Crippen molar-refractivity contribution >= 4 is 23.1 Å². The Morgan fingerprint density at radius 3 is 2.64 bits per heavy atom. The van der Waals surface area contributed by atoms with E-state index in [2.05, 4.69) is 27.7 Å². The number of esters is 1. The quantitative estimate of drug-likeness (QED) is 0.654. The van der Waals surface area contributed by atoms with E-state index in [1.807, 2.05) is 12.2 Å². The molecule has 3 nitrogen and oxygen atoms in total. The highest BCUT2D eigenvalue weighted by Crippen LogP contribution is 2.52. The van der Waals surface area contributed by atoms with E-state index in [0.717, 1.165) is 29.6 Å². The smallest absolute Gasteiger partial charge is 0.309 e. The SMILES string of the molecule is CC1(C)CC(c2ccc(F)c(Cl)c2)=C(/C=C/[C@@H]2C[C@@H](O)CC(=O)O2)C(C)(C)C1. The van der Waals surface area contributed by atoms with Crippen LogP contribution in [0.1, 0.15) is 58.9 Å². The Morgan fingerprint density at radius 2 is 2.00 bits per heavy atom. The minimum atomic E-state index is -0.668. The van der Waals surface area contributed by atoms with Gasteiger partial charge >= 0.3 is 5.97 Å². The Bertz CT molecular complexity index is 838. The summed E-state index contributed by atoms with van der Waals surface area (Å²) < 4.78 is 19.1. The fourth-order valence-electron chi connectivity index (χ4n) is 4.73. The van der Waals surface area contributed by atoms with Gasteiger partial charge in [0.1, 0.15) is 11.9 Å². The van der Waals surface area contributed by atoms with Crippen LogP contribution in [0, 0.1) is 16.6 Å². The fourth-order valence-corrected chi connectivity index (χ4v) is 4.91. The van der Waals surface area contributed by atoms with E-state index in [4.69, 9.17) is 16.3 Å². The summed E-state index contributed by atoms with van der Waals surface area (Å²) in [4.78, 5) is 11.6. The number of hydrogen-bond acceptors (Lipinski definition) is 3. The molecule has 0 unspecified atom stereocenters. The molecular weight excluding hydrogens is 379 g/mol. The molecule has 1 fully saturated rings. The summed E-state index contributed by atoms with van der Waals surface area (Å²) in [5.74, 6) is -0.808. The molecule has 0 aromatic heterocycles.